The van der Waals surface area contributed by atoms with Crippen LogP contribution in [0, 0.1) is 6.92 Å². The number of aliphatic imine (C=N–C) groups is 1. The lowest BCUT2D eigenvalue weighted by Gasteiger charge is -2.36. The van der Waals surface area contributed by atoms with Gasteiger partial charge in [-0.2, -0.15) is 11.8 Å². The molecule has 8 heteroatoms. The fraction of sp³-hybridized carbons (Fsp3) is 0.667. The smallest absolute Gasteiger partial charge is 0.191 e. The Morgan fingerprint density at radius 3 is 2.66 bits per heavy atom. The first-order valence-corrected chi connectivity index (χ1v) is 11.2. The lowest BCUT2D eigenvalue weighted by molar-refractivity contribution is 0.0783. The van der Waals surface area contributed by atoms with Gasteiger partial charge in [0, 0.05) is 43.7 Å². The Morgan fingerprint density at radius 2 is 2.00 bits per heavy atom. The number of rotatable bonds is 10. The van der Waals surface area contributed by atoms with Gasteiger partial charge in [-0.05, 0) is 44.6 Å². The zero-order valence-electron chi connectivity index (χ0n) is 18.1. The van der Waals surface area contributed by atoms with Crippen molar-refractivity contribution in [2.75, 3.05) is 52.9 Å². The molecule has 29 heavy (non-hydrogen) atoms. The van der Waals surface area contributed by atoms with Gasteiger partial charge in [-0.1, -0.05) is 12.1 Å². The molecule has 0 aliphatic carbocycles. The predicted molar refractivity (Wildman–Crippen MR) is 133 cm³/mol. The summed E-state index contributed by atoms with van der Waals surface area (Å²) in [5, 5.41) is 6.89. The maximum absolute atomic E-state index is 5.89. The van der Waals surface area contributed by atoms with Crippen molar-refractivity contribution in [1.82, 2.24) is 10.6 Å². The van der Waals surface area contributed by atoms with Crippen LogP contribution in [-0.4, -0.2) is 63.6 Å². The molecule has 1 saturated heterocycles. The highest BCUT2D eigenvalue weighted by molar-refractivity contribution is 14.0. The van der Waals surface area contributed by atoms with Crippen molar-refractivity contribution >= 4 is 41.7 Å². The van der Waals surface area contributed by atoms with Crippen LogP contribution in [0.5, 0.6) is 5.75 Å². The Labute approximate surface area is 197 Å². The van der Waals surface area contributed by atoms with Gasteiger partial charge in [0.1, 0.15) is 12.4 Å². The van der Waals surface area contributed by atoms with E-state index >= 15 is 0 Å². The molecule has 0 atom stereocenters. The number of nitrogens with one attached hydrogen (secondary N) is 2. The standard InChI is InChI=1S/C21H35N3O3S.HI/c1-5-22-20(24-16-21(28-4)8-10-26-11-9-21)23-15-18-7-6-17(2)14-19(18)27-13-12-25-3;/h6-7,14H,5,8-13,15-16H2,1-4H3,(H2,22,23,24);1H. The van der Waals surface area contributed by atoms with E-state index < -0.39 is 0 Å². The van der Waals surface area contributed by atoms with Crippen LogP contribution >= 0.6 is 35.7 Å². The third-order valence-corrected chi connectivity index (χ3v) is 6.35. The molecule has 1 aromatic rings. The van der Waals surface area contributed by atoms with Crippen LogP contribution in [0.15, 0.2) is 23.2 Å². The summed E-state index contributed by atoms with van der Waals surface area (Å²) in [5.74, 6) is 1.72. The van der Waals surface area contributed by atoms with Crippen LogP contribution in [0.2, 0.25) is 0 Å². The maximum Gasteiger partial charge on any atom is 0.191 e. The quantitative estimate of drug-likeness (QED) is 0.206. The van der Waals surface area contributed by atoms with Gasteiger partial charge in [0.15, 0.2) is 5.96 Å². The summed E-state index contributed by atoms with van der Waals surface area (Å²) < 4.78 is 16.7. The average Bonchev–Trinajstić information content (AvgIpc) is 2.72. The van der Waals surface area contributed by atoms with Crippen molar-refractivity contribution in [3.8, 4) is 5.75 Å². The highest BCUT2D eigenvalue weighted by atomic mass is 127. The van der Waals surface area contributed by atoms with Crippen LogP contribution in [-0.2, 0) is 16.0 Å². The molecule has 0 unspecified atom stereocenters. The Bertz CT molecular complexity index is 625. The van der Waals surface area contributed by atoms with Gasteiger partial charge in [0.05, 0.1) is 13.2 Å². The summed E-state index contributed by atoms with van der Waals surface area (Å²) in [7, 11) is 1.68. The van der Waals surface area contributed by atoms with Gasteiger partial charge in [-0.3, -0.25) is 0 Å². The second-order valence-corrected chi connectivity index (χ2v) is 8.27. The molecule has 0 radical (unpaired) electrons. The molecule has 1 aliphatic rings. The van der Waals surface area contributed by atoms with E-state index in [4.69, 9.17) is 19.2 Å². The summed E-state index contributed by atoms with van der Waals surface area (Å²) in [5.41, 5.74) is 2.25. The number of halogens is 1. The summed E-state index contributed by atoms with van der Waals surface area (Å²) in [6.07, 6.45) is 4.32. The third-order valence-electron chi connectivity index (χ3n) is 4.93. The van der Waals surface area contributed by atoms with Crippen molar-refractivity contribution < 1.29 is 14.2 Å². The number of hydrogen-bond donors (Lipinski definition) is 2. The first-order chi connectivity index (χ1) is 13.6. The minimum Gasteiger partial charge on any atom is -0.491 e. The van der Waals surface area contributed by atoms with Gasteiger partial charge in [0.25, 0.3) is 0 Å². The number of methoxy groups -OCH3 is 1. The predicted octanol–water partition coefficient (Wildman–Crippen LogP) is 3.61. The van der Waals surface area contributed by atoms with Crippen LogP contribution in [0.1, 0.15) is 30.9 Å². The van der Waals surface area contributed by atoms with Gasteiger partial charge in [-0.15, -0.1) is 24.0 Å². The lowest BCUT2D eigenvalue weighted by atomic mass is 9.99. The highest BCUT2D eigenvalue weighted by Gasteiger charge is 2.31. The summed E-state index contributed by atoms with van der Waals surface area (Å²) in [6.45, 7) is 9.20. The SMILES string of the molecule is CCNC(=NCc1ccc(C)cc1OCCOC)NCC1(SC)CCOCC1.I. The number of aryl methyl sites for hydroxylation is 1. The van der Waals surface area contributed by atoms with Crippen molar-refractivity contribution in [3.63, 3.8) is 0 Å². The molecule has 1 aliphatic heterocycles. The van der Waals surface area contributed by atoms with Gasteiger partial charge in [0.2, 0.25) is 0 Å². The number of thioether (sulfide) groups is 1. The second-order valence-electron chi connectivity index (χ2n) is 7.00. The lowest BCUT2D eigenvalue weighted by Crippen LogP contribution is -2.47. The maximum atomic E-state index is 5.89. The van der Waals surface area contributed by atoms with Crippen LogP contribution < -0.4 is 15.4 Å². The fourth-order valence-electron chi connectivity index (χ4n) is 3.11. The monoisotopic (exact) mass is 537 g/mol. The Kier molecular flexibility index (Phi) is 13.0. The molecule has 0 amide bonds. The molecule has 0 aromatic heterocycles. The van der Waals surface area contributed by atoms with E-state index in [1.807, 2.05) is 11.8 Å². The van der Waals surface area contributed by atoms with Gasteiger partial charge in [-0.25, -0.2) is 4.99 Å². The van der Waals surface area contributed by atoms with E-state index in [9.17, 15) is 0 Å². The van der Waals surface area contributed by atoms with Gasteiger partial charge < -0.3 is 24.8 Å². The van der Waals surface area contributed by atoms with Crippen molar-refractivity contribution in [2.45, 2.75) is 38.0 Å². The zero-order valence-corrected chi connectivity index (χ0v) is 21.2. The first kappa shape index (κ1) is 26.3. The normalized spacial score (nSPS) is 16.1. The average molecular weight is 538 g/mol. The largest absolute Gasteiger partial charge is 0.491 e. The van der Waals surface area contributed by atoms with Crippen LogP contribution in [0.3, 0.4) is 0 Å². The molecule has 2 N–H and O–H groups in total. The number of nitrogens with zero attached hydrogens (tertiary/aromatic N) is 1. The van der Waals surface area contributed by atoms with E-state index in [1.165, 1.54) is 5.56 Å². The molecule has 1 aromatic carbocycles. The van der Waals surface area contributed by atoms with Crippen molar-refractivity contribution in [2.24, 2.45) is 4.99 Å². The molecule has 2 rings (SSSR count). The summed E-state index contributed by atoms with van der Waals surface area (Å²) >= 11 is 1.93. The molecule has 0 spiro atoms. The topological polar surface area (TPSA) is 64.1 Å². The van der Waals surface area contributed by atoms with Crippen molar-refractivity contribution in [1.29, 1.82) is 0 Å². The minimum absolute atomic E-state index is 0. The first-order valence-electron chi connectivity index (χ1n) is 9.99. The Balaban J connectivity index is 0.00000420. The van der Waals surface area contributed by atoms with Crippen LogP contribution in [0.4, 0.5) is 0 Å². The minimum atomic E-state index is 0. The van der Waals surface area contributed by atoms with E-state index in [-0.39, 0.29) is 28.7 Å². The number of ether oxygens (including phenoxy) is 3. The molecular formula is C21H36IN3O3S. The summed E-state index contributed by atoms with van der Waals surface area (Å²) in [4.78, 5) is 4.79. The van der Waals surface area contributed by atoms with Crippen molar-refractivity contribution in [3.05, 3.63) is 29.3 Å². The van der Waals surface area contributed by atoms with Gasteiger partial charge >= 0.3 is 0 Å². The fourth-order valence-corrected chi connectivity index (χ4v) is 3.90. The molecule has 0 bridgehead atoms. The zero-order chi connectivity index (χ0) is 20.2. The Hall–Kier alpha value is -0.710. The van der Waals surface area contributed by atoms with E-state index in [0.717, 1.165) is 56.4 Å². The Morgan fingerprint density at radius 1 is 1.24 bits per heavy atom. The number of guanidine groups is 1. The number of hydrogen-bond acceptors (Lipinski definition) is 5. The third kappa shape index (κ3) is 8.90. The molecule has 1 fully saturated rings. The van der Waals surface area contributed by atoms with E-state index in [2.05, 4.69) is 48.9 Å². The van der Waals surface area contributed by atoms with Crippen LogP contribution in [0.25, 0.3) is 0 Å². The molecular weight excluding hydrogens is 501 g/mol. The number of benzene rings is 1. The highest BCUT2D eigenvalue weighted by Crippen LogP contribution is 2.33. The molecule has 166 valence electrons. The van der Waals surface area contributed by atoms with E-state index in [1.54, 1.807) is 7.11 Å². The van der Waals surface area contributed by atoms with E-state index in [0.29, 0.717) is 19.8 Å². The molecule has 1 heterocycles. The molecule has 0 saturated carbocycles. The second kappa shape index (κ2) is 14.3. The molecule has 6 nitrogen and oxygen atoms in total. The summed E-state index contributed by atoms with van der Waals surface area (Å²) in [6, 6.07) is 6.25.